The van der Waals surface area contributed by atoms with Gasteiger partial charge in [-0.15, -0.1) is 0 Å². The molecule has 1 unspecified atom stereocenters. The third kappa shape index (κ3) is 11.8. The number of carbonyl (C=O) groups excluding carboxylic acids is 5. The lowest BCUT2D eigenvalue weighted by Gasteiger charge is -2.36. The number of unbranched alkanes of at least 4 members (excludes halogenated alkanes) is 2. The van der Waals surface area contributed by atoms with Crippen molar-refractivity contribution in [1.82, 2.24) is 35.5 Å². The number of hydrogen-bond donors (Lipinski definition) is 5. The third-order valence-electron chi connectivity index (χ3n) is 10.9. The van der Waals surface area contributed by atoms with Crippen LogP contribution < -0.4 is 26.2 Å². The van der Waals surface area contributed by atoms with Crippen LogP contribution in [0.2, 0.25) is 0 Å². The van der Waals surface area contributed by atoms with Gasteiger partial charge in [0.25, 0.3) is 5.91 Å². The predicted molar refractivity (Wildman–Crippen MR) is 227 cm³/mol. The Morgan fingerprint density at radius 1 is 0.855 bits per heavy atom. The molecule has 0 spiro atoms. The maximum absolute atomic E-state index is 13.7. The van der Waals surface area contributed by atoms with Crippen molar-refractivity contribution in [3.63, 3.8) is 0 Å². The second-order valence-electron chi connectivity index (χ2n) is 15.4. The number of ether oxygens (including phenoxy) is 1. The third-order valence-corrected chi connectivity index (χ3v) is 10.9. The standard InChI is InChI=1S/C44H50F2N10O6/c45-31-25-30(26-32(46)28-31)24-29-6-11-36-35(27-29)42(53-52-36)51-44(61)38-14-15-48-56(38)21-23-62-22-16-47-39(57)4-2-1-3-5-41(59)55-19-17-54(18-20-55)34-9-7-33(8-10-34)49-37-12-13-40(58)50-43(37)60/h6-11,14-15,25-28,37,49H,1-5,12-13,16-24H2,(H,47,57)(H,50,58,60)(H2,51,52,53,61). The van der Waals surface area contributed by atoms with E-state index < -0.39 is 23.6 Å². The number of nitrogens with zero attached hydrogens (tertiary/aromatic N) is 5. The number of nitrogens with one attached hydrogen (secondary N) is 5. The Balaban J connectivity index is 0.729. The fourth-order valence-corrected chi connectivity index (χ4v) is 7.61. The van der Waals surface area contributed by atoms with Crippen molar-refractivity contribution in [2.24, 2.45) is 0 Å². The van der Waals surface area contributed by atoms with Gasteiger partial charge in [-0.2, -0.15) is 10.2 Å². The van der Waals surface area contributed by atoms with Crippen molar-refractivity contribution in [2.75, 3.05) is 61.5 Å². The van der Waals surface area contributed by atoms with E-state index in [4.69, 9.17) is 4.74 Å². The number of carbonyl (C=O) groups is 5. The molecular weight excluding hydrogens is 803 g/mol. The molecule has 0 bridgehead atoms. The van der Waals surface area contributed by atoms with E-state index >= 15 is 0 Å². The number of piperidine rings is 1. The summed E-state index contributed by atoms with van der Waals surface area (Å²) in [5, 5.41) is 23.2. The zero-order valence-corrected chi connectivity index (χ0v) is 34.3. The van der Waals surface area contributed by atoms with Gasteiger partial charge in [-0.25, -0.2) is 8.78 Å². The summed E-state index contributed by atoms with van der Waals surface area (Å²) in [7, 11) is 0. The Kier molecular flexibility index (Phi) is 14.5. The Morgan fingerprint density at radius 2 is 1.63 bits per heavy atom. The number of fused-ring (bicyclic) bond motifs is 1. The van der Waals surface area contributed by atoms with E-state index in [1.54, 1.807) is 12.1 Å². The van der Waals surface area contributed by atoms with E-state index in [0.29, 0.717) is 99.1 Å². The number of H-pyrrole nitrogens is 1. The van der Waals surface area contributed by atoms with Gasteiger partial charge in [0.2, 0.25) is 23.6 Å². The zero-order chi connectivity index (χ0) is 43.4. The van der Waals surface area contributed by atoms with Gasteiger partial charge in [0.1, 0.15) is 23.4 Å². The Bertz CT molecular complexity index is 2360. The summed E-state index contributed by atoms with van der Waals surface area (Å²) in [5.41, 5.74) is 4.11. The van der Waals surface area contributed by atoms with Crippen LogP contribution in [-0.4, -0.2) is 106 Å². The quantitative estimate of drug-likeness (QED) is 0.0582. The maximum atomic E-state index is 13.7. The average molecular weight is 853 g/mol. The first-order chi connectivity index (χ1) is 30.1. The maximum Gasteiger partial charge on any atom is 0.275 e. The number of hydrogen-bond acceptors (Lipinski definition) is 10. The molecule has 2 saturated heterocycles. The SMILES string of the molecule is O=C(CCCCCC(=O)N1CCN(c2ccc(NC3CCC(=O)NC3=O)cc2)CC1)NCCOCCn1nccc1C(=O)Nc1n[nH]c2ccc(Cc3cc(F)cc(F)c3)cc12. The number of benzene rings is 3. The topological polar surface area (TPSA) is 196 Å². The van der Waals surface area contributed by atoms with Gasteiger partial charge < -0.3 is 30.5 Å². The molecule has 5 amide bonds. The van der Waals surface area contributed by atoms with Gasteiger partial charge in [0, 0.05) is 81.0 Å². The highest BCUT2D eigenvalue weighted by atomic mass is 19.1. The molecule has 4 heterocycles. The number of halogens is 2. The smallest absolute Gasteiger partial charge is 0.275 e. The van der Waals surface area contributed by atoms with Gasteiger partial charge in [0.15, 0.2) is 5.82 Å². The fraction of sp³-hybridized carbons (Fsp3) is 0.386. The molecular formula is C44H50F2N10O6. The van der Waals surface area contributed by atoms with Gasteiger partial charge >= 0.3 is 0 Å². The van der Waals surface area contributed by atoms with Gasteiger partial charge in [0.05, 0.1) is 25.3 Å². The van der Waals surface area contributed by atoms with E-state index in [2.05, 4.69) is 41.5 Å². The summed E-state index contributed by atoms with van der Waals surface area (Å²) < 4.78 is 34.6. The number of anilines is 3. The number of amides is 5. The fourth-order valence-electron chi connectivity index (χ4n) is 7.61. The van der Waals surface area contributed by atoms with E-state index in [0.717, 1.165) is 42.5 Å². The van der Waals surface area contributed by atoms with Crippen molar-refractivity contribution < 1.29 is 37.5 Å². The van der Waals surface area contributed by atoms with E-state index in [9.17, 15) is 32.8 Å². The van der Waals surface area contributed by atoms with Crippen molar-refractivity contribution in [1.29, 1.82) is 0 Å². The van der Waals surface area contributed by atoms with Crippen molar-refractivity contribution in [3.05, 3.63) is 101 Å². The van der Waals surface area contributed by atoms with Crippen LogP contribution in [0.15, 0.2) is 72.9 Å². The van der Waals surface area contributed by atoms with Crippen molar-refractivity contribution in [2.45, 2.75) is 64.0 Å². The minimum Gasteiger partial charge on any atom is -0.378 e. The molecule has 0 saturated carbocycles. The Labute approximate surface area is 356 Å². The highest BCUT2D eigenvalue weighted by Crippen LogP contribution is 2.25. The van der Waals surface area contributed by atoms with Crippen LogP contribution in [0, 0.1) is 11.6 Å². The molecule has 62 heavy (non-hydrogen) atoms. The largest absolute Gasteiger partial charge is 0.378 e. The first-order valence-corrected chi connectivity index (χ1v) is 20.9. The predicted octanol–water partition coefficient (Wildman–Crippen LogP) is 4.53. The van der Waals surface area contributed by atoms with Crippen molar-refractivity contribution in [3.8, 4) is 0 Å². The average Bonchev–Trinajstić information content (AvgIpc) is 3.90. The van der Waals surface area contributed by atoms with Crippen LogP contribution in [0.1, 0.15) is 66.6 Å². The minimum absolute atomic E-state index is 0.0808. The molecule has 0 aliphatic carbocycles. The normalized spacial score (nSPS) is 15.4. The highest BCUT2D eigenvalue weighted by Gasteiger charge is 2.27. The van der Waals surface area contributed by atoms with Crippen LogP contribution in [-0.2, 0) is 36.9 Å². The molecule has 2 aromatic heterocycles. The van der Waals surface area contributed by atoms with Gasteiger partial charge in [-0.1, -0.05) is 12.5 Å². The van der Waals surface area contributed by atoms with Crippen LogP contribution in [0.3, 0.4) is 0 Å². The van der Waals surface area contributed by atoms with Gasteiger partial charge in [-0.3, -0.25) is 39.1 Å². The van der Waals surface area contributed by atoms with Crippen LogP contribution in [0.25, 0.3) is 10.9 Å². The number of rotatable bonds is 19. The molecule has 7 rings (SSSR count). The van der Waals surface area contributed by atoms with Crippen molar-refractivity contribution >= 4 is 57.6 Å². The molecule has 3 aromatic carbocycles. The second kappa shape index (κ2) is 20.7. The number of aromatic amines is 1. The minimum atomic E-state index is -0.647. The second-order valence-corrected chi connectivity index (χ2v) is 15.4. The summed E-state index contributed by atoms with van der Waals surface area (Å²) in [6.07, 6.45) is 5.56. The van der Waals surface area contributed by atoms with Crippen LogP contribution in [0.5, 0.6) is 0 Å². The highest BCUT2D eigenvalue weighted by molar-refractivity contribution is 6.07. The lowest BCUT2D eigenvalue weighted by Crippen LogP contribution is -2.48. The zero-order valence-electron chi connectivity index (χ0n) is 34.3. The summed E-state index contributed by atoms with van der Waals surface area (Å²) in [5.74, 6) is -1.92. The first kappa shape index (κ1) is 43.4. The van der Waals surface area contributed by atoms with E-state index in [1.807, 2.05) is 41.3 Å². The van der Waals surface area contributed by atoms with E-state index in [-0.39, 0.29) is 36.8 Å². The molecule has 0 radical (unpaired) electrons. The molecule has 18 heteroatoms. The monoisotopic (exact) mass is 852 g/mol. The molecule has 1 atom stereocenters. The Morgan fingerprint density at radius 3 is 2.40 bits per heavy atom. The summed E-state index contributed by atoms with van der Waals surface area (Å²) in [6.45, 7) is 3.89. The summed E-state index contributed by atoms with van der Waals surface area (Å²) >= 11 is 0. The molecule has 2 fully saturated rings. The van der Waals surface area contributed by atoms with Crippen LogP contribution >= 0.6 is 0 Å². The van der Waals surface area contributed by atoms with E-state index in [1.165, 1.54) is 23.0 Å². The molecule has 326 valence electrons. The summed E-state index contributed by atoms with van der Waals surface area (Å²) in [6, 6.07) is 17.8. The number of piperazine rings is 1. The summed E-state index contributed by atoms with van der Waals surface area (Å²) in [4.78, 5) is 66.0. The van der Waals surface area contributed by atoms with Crippen LogP contribution in [0.4, 0.5) is 26.0 Å². The lowest BCUT2D eigenvalue weighted by molar-refractivity contribution is -0.134. The first-order valence-electron chi connectivity index (χ1n) is 20.9. The lowest BCUT2D eigenvalue weighted by atomic mass is 10.0. The van der Waals surface area contributed by atoms with Gasteiger partial charge in [-0.05, 0) is 91.4 Å². The molecule has 2 aliphatic rings. The number of imide groups is 1. The molecule has 16 nitrogen and oxygen atoms in total. The molecule has 5 aromatic rings. The number of aromatic nitrogens is 4. The molecule has 2 aliphatic heterocycles. The Hall–Kier alpha value is -6.69. The molecule has 5 N–H and O–H groups in total.